The summed E-state index contributed by atoms with van der Waals surface area (Å²) in [5, 5.41) is 0.711. The maximum absolute atomic E-state index is 14.5. The maximum Gasteiger partial charge on any atom is 0.254 e. The number of anilines is 1. The fourth-order valence-electron chi connectivity index (χ4n) is 6.62. The summed E-state index contributed by atoms with van der Waals surface area (Å²) in [5.74, 6) is 0.891. The summed E-state index contributed by atoms with van der Waals surface area (Å²) >= 11 is 6.30. The van der Waals surface area contributed by atoms with Gasteiger partial charge in [-0.3, -0.25) is 9.59 Å². The van der Waals surface area contributed by atoms with Crippen LogP contribution in [0, 0.1) is 6.92 Å². The predicted molar refractivity (Wildman–Crippen MR) is 160 cm³/mol. The van der Waals surface area contributed by atoms with Crippen LogP contribution in [0.1, 0.15) is 58.4 Å². The van der Waals surface area contributed by atoms with Crippen molar-refractivity contribution in [2.75, 3.05) is 50.8 Å². The Morgan fingerprint density at radius 2 is 1.61 bits per heavy atom. The first-order valence-corrected chi connectivity index (χ1v) is 14.9. The molecule has 3 aliphatic rings. The molecule has 0 bridgehead atoms. The van der Waals surface area contributed by atoms with Crippen LogP contribution in [0.3, 0.4) is 0 Å². The lowest BCUT2D eigenvalue weighted by Crippen LogP contribution is -2.54. The van der Waals surface area contributed by atoms with E-state index in [1.165, 1.54) is 5.56 Å². The van der Waals surface area contributed by atoms with Crippen LogP contribution >= 0.6 is 11.6 Å². The lowest BCUT2D eigenvalue weighted by molar-refractivity contribution is -0.135. The Kier molecular flexibility index (Phi) is 7.56. The SMILES string of the molecule is CCOc1cc2c(cc1OCC)C1C(C(=O)N3CCN(c4cc(Cl)ccc4C)CC3)c3ccccc3C(=O)N1CC2. The minimum atomic E-state index is -0.505. The molecule has 0 aliphatic carbocycles. The highest BCUT2D eigenvalue weighted by atomic mass is 35.5. The second-order valence-electron chi connectivity index (χ2n) is 10.9. The van der Waals surface area contributed by atoms with Crippen LogP contribution in [0.4, 0.5) is 5.69 Å². The number of hydrogen-bond acceptors (Lipinski definition) is 5. The first-order valence-electron chi connectivity index (χ1n) is 14.5. The van der Waals surface area contributed by atoms with E-state index >= 15 is 0 Å². The van der Waals surface area contributed by atoms with Crippen LogP contribution in [0.2, 0.25) is 5.02 Å². The van der Waals surface area contributed by atoms with Crippen molar-refractivity contribution in [3.8, 4) is 11.5 Å². The summed E-state index contributed by atoms with van der Waals surface area (Å²) in [6.45, 7) is 10.2. The van der Waals surface area contributed by atoms with Gasteiger partial charge < -0.3 is 24.2 Å². The number of fused-ring (bicyclic) bond motifs is 4. The quantitative estimate of drug-likeness (QED) is 0.382. The van der Waals surface area contributed by atoms with Gasteiger partial charge >= 0.3 is 0 Å². The fourth-order valence-corrected chi connectivity index (χ4v) is 6.79. The molecule has 0 aromatic heterocycles. The number of benzene rings is 3. The molecule has 7 nitrogen and oxygen atoms in total. The topological polar surface area (TPSA) is 62.3 Å². The van der Waals surface area contributed by atoms with Crippen molar-refractivity contribution in [1.82, 2.24) is 9.80 Å². The zero-order valence-electron chi connectivity index (χ0n) is 23.9. The first-order chi connectivity index (χ1) is 19.9. The number of aryl methyl sites for hydroxylation is 1. The molecule has 41 heavy (non-hydrogen) atoms. The highest BCUT2D eigenvalue weighted by Crippen LogP contribution is 2.49. The third-order valence-corrected chi connectivity index (χ3v) is 8.79. The third kappa shape index (κ3) is 4.90. The fraction of sp³-hybridized carbons (Fsp3) is 0.394. The number of hydrogen-bond donors (Lipinski definition) is 0. The van der Waals surface area contributed by atoms with E-state index in [0.29, 0.717) is 61.4 Å². The molecule has 3 aromatic rings. The van der Waals surface area contributed by atoms with Crippen LogP contribution < -0.4 is 14.4 Å². The van der Waals surface area contributed by atoms with Crippen molar-refractivity contribution in [2.24, 2.45) is 0 Å². The average Bonchev–Trinajstić information content (AvgIpc) is 2.99. The van der Waals surface area contributed by atoms with Crippen molar-refractivity contribution in [2.45, 2.75) is 39.2 Å². The van der Waals surface area contributed by atoms with Gasteiger partial charge in [-0.05, 0) is 79.8 Å². The molecule has 2 atom stereocenters. The molecular formula is C33H36ClN3O4. The van der Waals surface area contributed by atoms with Crippen LogP contribution in [0.25, 0.3) is 0 Å². The number of amides is 2. The van der Waals surface area contributed by atoms with Crippen LogP contribution in [-0.2, 0) is 11.2 Å². The Labute approximate surface area is 246 Å². The van der Waals surface area contributed by atoms with E-state index < -0.39 is 12.0 Å². The highest BCUT2D eigenvalue weighted by Gasteiger charge is 2.48. The van der Waals surface area contributed by atoms with Gasteiger partial charge in [-0.1, -0.05) is 35.9 Å². The summed E-state index contributed by atoms with van der Waals surface area (Å²) in [4.78, 5) is 34.5. The van der Waals surface area contributed by atoms with Crippen molar-refractivity contribution in [3.63, 3.8) is 0 Å². The van der Waals surface area contributed by atoms with Gasteiger partial charge in [0.2, 0.25) is 5.91 Å². The van der Waals surface area contributed by atoms with Gasteiger partial charge in [0.1, 0.15) is 0 Å². The number of ether oxygens (including phenoxy) is 2. The largest absolute Gasteiger partial charge is 0.490 e. The minimum Gasteiger partial charge on any atom is -0.490 e. The standard InChI is InChI=1S/C33H36ClN3O4/c1-4-40-28-18-22-12-13-37-31(26(22)20-29(28)41-5-2)30(24-8-6-7-9-25(24)32(37)38)33(39)36-16-14-35(15-17-36)27-19-23(34)11-10-21(27)3/h6-11,18-20,30-31H,4-5,12-17H2,1-3H3. The zero-order valence-corrected chi connectivity index (χ0v) is 24.6. The van der Waals surface area contributed by atoms with E-state index in [0.717, 1.165) is 35.5 Å². The summed E-state index contributed by atoms with van der Waals surface area (Å²) < 4.78 is 11.9. The Morgan fingerprint density at radius 3 is 2.34 bits per heavy atom. The molecule has 6 rings (SSSR count). The molecule has 0 spiro atoms. The zero-order chi connectivity index (χ0) is 28.7. The van der Waals surface area contributed by atoms with E-state index in [9.17, 15) is 9.59 Å². The van der Waals surface area contributed by atoms with Crippen molar-refractivity contribution in [1.29, 1.82) is 0 Å². The molecule has 2 unspecified atom stereocenters. The van der Waals surface area contributed by atoms with E-state index in [-0.39, 0.29) is 11.8 Å². The number of carbonyl (C=O) groups excluding carboxylic acids is 2. The number of rotatable bonds is 6. The highest BCUT2D eigenvalue weighted by molar-refractivity contribution is 6.30. The summed E-state index contributed by atoms with van der Waals surface area (Å²) in [6.07, 6.45) is 0.699. The number of nitrogens with zero attached hydrogens (tertiary/aromatic N) is 3. The first kappa shape index (κ1) is 27.5. The van der Waals surface area contributed by atoms with E-state index in [1.54, 1.807) is 0 Å². The molecule has 2 amide bonds. The number of halogens is 1. The smallest absolute Gasteiger partial charge is 0.254 e. The van der Waals surface area contributed by atoms with E-state index in [2.05, 4.69) is 11.8 Å². The van der Waals surface area contributed by atoms with Gasteiger partial charge in [0, 0.05) is 49.0 Å². The van der Waals surface area contributed by atoms with Crippen LogP contribution in [0.5, 0.6) is 11.5 Å². The molecule has 0 saturated carbocycles. The monoisotopic (exact) mass is 573 g/mol. The second kappa shape index (κ2) is 11.3. The molecule has 3 heterocycles. The molecule has 3 aliphatic heterocycles. The summed E-state index contributed by atoms with van der Waals surface area (Å²) in [6, 6.07) is 17.2. The van der Waals surface area contributed by atoms with Crippen LogP contribution in [0.15, 0.2) is 54.6 Å². The van der Waals surface area contributed by atoms with Crippen molar-refractivity contribution < 1.29 is 19.1 Å². The van der Waals surface area contributed by atoms with Gasteiger partial charge in [-0.25, -0.2) is 0 Å². The molecular weight excluding hydrogens is 538 g/mol. The van der Waals surface area contributed by atoms with Crippen LogP contribution in [-0.4, -0.2) is 67.6 Å². The Bertz CT molecular complexity index is 1480. The molecule has 214 valence electrons. The Balaban J connectivity index is 1.36. The lowest BCUT2D eigenvalue weighted by atomic mass is 9.75. The molecule has 8 heteroatoms. The van der Waals surface area contributed by atoms with Gasteiger partial charge in [-0.2, -0.15) is 0 Å². The normalized spacial score (nSPS) is 19.8. The minimum absolute atomic E-state index is 0.0200. The number of piperazine rings is 1. The molecule has 1 saturated heterocycles. The number of carbonyl (C=O) groups is 2. The molecule has 3 aromatic carbocycles. The van der Waals surface area contributed by atoms with Gasteiger partial charge in [0.05, 0.1) is 25.2 Å². The Hall–Kier alpha value is -3.71. The lowest BCUT2D eigenvalue weighted by Gasteiger charge is -2.47. The second-order valence-corrected chi connectivity index (χ2v) is 11.3. The van der Waals surface area contributed by atoms with Gasteiger partial charge in [0.25, 0.3) is 5.91 Å². The Morgan fingerprint density at radius 1 is 0.902 bits per heavy atom. The van der Waals surface area contributed by atoms with Crippen molar-refractivity contribution >= 4 is 29.1 Å². The van der Waals surface area contributed by atoms with E-state index in [1.807, 2.05) is 78.2 Å². The summed E-state index contributed by atoms with van der Waals surface area (Å²) in [7, 11) is 0. The average molecular weight is 574 g/mol. The molecule has 0 N–H and O–H groups in total. The predicted octanol–water partition coefficient (Wildman–Crippen LogP) is 5.63. The van der Waals surface area contributed by atoms with Gasteiger partial charge in [0.15, 0.2) is 11.5 Å². The summed E-state index contributed by atoms with van der Waals surface area (Å²) in [5.41, 5.74) is 5.77. The van der Waals surface area contributed by atoms with E-state index in [4.69, 9.17) is 21.1 Å². The maximum atomic E-state index is 14.5. The third-order valence-electron chi connectivity index (χ3n) is 8.55. The van der Waals surface area contributed by atoms with Crippen molar-refractivity contribution in [3.05, 3.63) is 87.4 Å². The van der Waals surface area contributed by atoms with Gasteiger partial charge in [-0.15, -0.1) is 0 Å². The molecule has 1 fully saturated rings. The molecule has 0 radical (unpaired) electrons.